The quantitative estimate of drug-likeness (QED) is 0.653. The third-order valence-corrected chi connectivity index (χ3v) is 2.31. The minimum Gasteiger partial charge on any atom is -0.391 e. The molecule has 0 spiro atoms. The van der Waals surface area contributed by atoms with Gasteiger partial charge in [0.2, 0.25) is 0 Å². The first-order valence-corrected chi connectivity index (χ1v) is 4.23. The lowest BCUT2D eigenvalue weighted by atomic mass is 9.82. The van der Waals surface area contributed by atoms with E-state index in [4.69, 9.17) is 5.73 Å². The van der Waals surface area contributed by atoms with Crippen molar-refractivity contribution in [2.45, 2.75) is 46.3 Å². The molecule has 0 aromatic rings. The molecule has 2 atom stereocenters. The van der Waals surface area contributed by atoms with Crippen molar-refractivity contribution in [1.29, 1.82) is 0 Å². The molecule has 2 nitrogen and oxygen atoms in total. The second-order valence-electron chi connectivity index (χ2n) is 4.37. The molecule has 0 saturated carbocycles. The van der Waals surface area contributed by atoms with Crippen molar-refractivity contribution >= 4 is 0 Å². The van der Waals surface area contributed by atoms with Gasteiger partial charge in [0.15, 0.2) is 0 Å². The summed E-state index contributed by atoms with van der Waals surface area (Å²) in [5.74, 6) is 0.739. The van der Waals surface area contributed by atoms with Crippen molar-refractivity contribution in [2.75, 3.05) is 0 Å². The third-order valence-electron chi connectivity index (χ3n) is 2.31. The number of aliphatic hydroxyl groups excluding tert-OH is 1. The zero-order chi connectivity index (χ0) is 9.23. The Labute approximate surface area is 69.8 Å². The van der Waals surface area contributed by atoms with Crippen LogP contribution in [0.1, 0.15) is 34.6 Å². The Balaban J connectivity index is 4.13. The van der Waals surface area contributed by atoms with E-state index in [2.05, 4.69) is 13.8 Å². The molecule has 0 aliphatic carbocycles. The van der Waals surface area contributed by atoms with Crippen molar-refractivity contribution < 1.29 is 5.11 Å². The SMILES string of the molecule is CC(C)C(C)C(O)C(C)(C)N. The van der Waals surface area contributed by atoms with Gasteiger partial charge in [-0.15, -0.1) is 0 Å². The number of rotatable bonds is 3. The highest BCUT2D eigenvalue weighted by Crippen LogP contribution is 2.21. The highest BCUT2D eigenvalue weighted by Gasteiger charge is 2.29. The molecule has 11 heavy (non-hydrogen) atoms. The van der Waals surface area contributed by atoms with Crippen LogP contribution >= 0.6 is 0 Å². The number of hydrogen-bond acceptors (Lipinski definition) is 2. The van der Waals surface area contributed by atoms with Crippen molar-refractivity contribution in [2.24, 2.45) is 17.6 Å². The summed E-state index contributed by atoms with van der Waals surface area (Å²) in [6.45, 7) is 9.94. The Morgan fingerprint density at radius 3 is 1.64 bits per heavy atom. The molecule has 0 saturated heterocycles. The zero-order valence-electron chi connectivity index (χ0n) is 8.26. The first kappa shape index (κ1) is 10.9. The van der Waals surface area contributed by atoms with Crippen molar-refractivity contribution in [3.63, 3.8) is 0 Å². The second kappa shape index (κ2) is 3.55. The fourth-order valence-corrected chi connectivity index (χ4v) is 1.04. The molecular formula is C9H21NO. The standard InChI is InChI=1S/C9H21NO/c1-6(2)7(3)8(11)9(4,5)10/h6-8,11H,10H2,1-5H3. The fraction of sp³-hybridized carbons (Fsp3) is 1.00. The van der Waals surface area contributed by atoms with E-state index in [1.54, 1.807) is 0 Å². The Kier molecular flexibility index (Phi) is 3.52. The maximum Gasteiger partial charge on any atom is 0.0742 e. The monoisotopic (exact) mass is 159 g/mol. The summed E-state index contributed by atoms with van der Waals surface area (Å²) >= 11 is 0. The molecule has 68 valence electrons. The number of aliphatic hydroxyl groups is 1. The van der Waals surface area contributed by atoms with E-state index >= 15 is 0 Å². The van der Waals surface area contributed by atoms with Gasteiger partial charge < -0.3 is 10.8 Å². The first-order chi connectivity index (χ1) is 4.76. The topological polar surface area (TPSA) is 46.2 Å². The Hall–Kier alpha value is -0.0800. The van der Waals surface area contributed by atoms with E-state index < -0.39 is 11.6 Å². The van der Waals surface area contributed by atoms with Crippen LogP contribution < -0.4 is 5.73 Å². The summed E-state index contributed by atoms with van der Waals surface area (Å²) in [4.78, 5) is 0. The number of nitrogens with two attached hydrogens (primary N) is 1. The molecule has 0 aromatic carbocycles. The molecule has 0 aliphatic rings. The lowest BCUT2D eigenvalue weighted by Gasteiger charge is -2.32. The van der Waals surface area contributed by atoms with Crippen molar-refractivity contribution in [3.8, 4) is 0 Å². The molecule has 0 fully saturated rings. The highest BCUT2D eigenvalue weighted by molar-refractivity contribution is 4.86. The Morgan fingerprint density at radius 2 is 1.55 bits per heavy atom. The van der Waals surface area contributed by atoms with Gasteiger partial charge in [0.1, 0.15) is 0 Å². The van der Waals surface area contributed by atoms with Gasteiger partial charge in [0.25, 0.3) is 0 Å². The van der Waals surface area contributed by atoms with Crippen LogP contribution in [0.3, 0.4) is 0 Å². The molecule has 2 unspecified atom stereocenters. The van der Waals surface area contributed by atoms with Crippen molar-refractivity contribution in [3.05, 3.63) is 0 Å². The van der Waals surface area contributed by atoms with Gasteiger partial charge in [0, 0.05) is 5.54 Å². The van der Waals surface area contributed by atoms with Crippen molar-refractivity contribution in [1.82, 2.24) is 0 Å². The Morgan fingerprint density at radius 1 is 1.18 bits per heavy atom. The van der Waals surface area contributed by atoms with Crippen LogP contribution in [-0.4, -0.2) is 16.7 Å². The normalized spacial score (nSPS) is 18.5. The van der Waals surface area contributed by atoms with E-state index in [1.165, 1.54) is 0 Å². The minimum absolute atomic E-state index is 0.259. The summed E-state index contributed by atoms with van der Waals surface area (Å²) in [6, 6.07) is 0. The van der Waals surface area contributed by atoms with Crippen LogP contribution in [0.15, 0.2) is 0 Å². The van der Waals surface area contributed by atoms with Gasteiger partial charge in [-0.25, -0.2) is 0 Å². The van der Waals surface area contributed by atoms with Gasteiger partial charge in [-0.05, 0) is 25.7 Å². The third kappa shape index (κ3) is 3.21. The molecule has 0 heterocycles. The highest BCUT2D eigenvalue weighted by atomic mass is 16.3. The van der Waals surface area contributed by atoms with Gasteiger partial charge in [-0.2, -0.15) is 0 Å². The molecule has 0 rings (SSSR count). The molecule has 3 N–H and O–H groups in total. The molecular weight excluding hydrogens is 138 g/mol. The zero-order valence-corrected chi connectivity index (χ0v) is 8.26. The van der Waals surface area contributed by atoms with E-state index in [0.717, 1.165) is 0 Å². The lowest BCUT2D eigenvalue weighted by Crippen LogP contribution is -2.49. The maximum absolute atomic E-state index is 9.70. The lowest BCUT2D eigenvalue weighted by molar-refractivity contribution is 0.0356. The van der Waals surface area contributed by atoms with Gasteiger partial charge in [-0.1, -0.05) is 20.8 Å². The van der Waals surface area contributed by atoms with E-state index in [1.807, 2.05) is 20.8 Å². The molecule has 0 aliphatic heterocycles. The van der Waals surface area contributed by atoms with E-state index in [0.29, 0.717) is 5.92 Å². The van der Waals surface area contributed by atoms with Gasteiger partial charge in [-0.3, -0.25) is 0 Å². The molecule has 0 amide bonds. The van der Waals surface area contributed by atoms with Crippen LogP contribution in [0.5, 0.6) is 0 Å². The second-order valence-corrected chi connectivity index (χ2v) is 4.37. The fourth-order valence-electron chi connectivity index (χ4n) is 1.04. The predicted octanol–water partition coefficient (Wildman–Crippen LogP) is 1.38. The minimum atomic E-state index is -0.482. The van der Waals surface area contributed by atoms with Crippen LogP contribution in [0.25, 0.3) is 0 Å². The van der Waals surface area contributed by atoms with Crippen LogP contribution in [0.4, 0.5) is 0 Å². The van der Waals surface area contributed by atoms with E-state index in [9.17, 15) is 5.11 Å². The molecule has 2 heteroatoms. The van der Waals surface area contributed by atoms with Crippen LogP contribution in [0, 0.1) is 11.8 Å². The average Bonchev–Trinajstić information content (AvgIpc) is 1.82. The smallest absolute Gasteiger partial charge is 0.0742 e. The average molecular weight is 159 g/mol. The summed E-state index contributed by atoms with van der Waals surface area (Å²) in [6.07, 6.45) is -0.414. The first-order valence-electron chi connectivity index (χ1n) is 4.23. The maximum atomic E-state index is 9.70. The summed E-state index contributed by atoms with van der Waals surface area (Å²) in [5, 5.41) is 9.70. The summed E-state index contributed by atoms with van der Waals surface area (Å²) in [7, 11) is 0. The molecule has 0 radical (unpaired) electrons. The summed E-state index contributed by atoms with van der Waals surface area (Å²) in [5.41, 5.74) is 5.29. The molecule has 0 aromatic heterocycles. The predicted molar refractivity (Wildman–Crippen MR) is 48.3 cm³/mol. The van der Waals surface area contributed by atoms with Crippen LogP contribution in [-0.2, 0) is 0 Å². The summed E-state index contributed by atoms with van der Waals surface area (Å²) < 4.78 is 0. The van der Waals surface area contributed by atoms with Gasteiger partial charge >= 0.3 is 0 Å². The Bertz CT molecular complexity index is 115. The van der Waals surface area contributed by atoms with E-state index in [-0.39, 0.29) is 5.92 Å². The number of hydrogen-bond donors (Lipinski definition) is 2. The molecule has 0 bridgehead atoms. The van der Waals surface area contributed by atoms with Crippen LogP contribution in [0.2, 0.25) is 0 Å². The largest absolute Gasteiger partial charge is 0.391 e. The van der Waals surface area contributed by atoms with Gasteiger partial charge in [0.05, 0.1) is 6.10 Å².